The lowest BCUT2D eigenvalue weighted by Crippen LogP contribution is -2.13. The Balaban J connectivity index is 2.67. The average molecular weight is 252 g/mol. The number of hydrogen-bond acceptors (Lipinski definition) is 3. The summed E-state index contributed by atoms with van der Waals surface area (Å²) in [7, 11) is 0. The topological polar surface area (TPSA) is 52.0 Å². The predicted molar refractivity (Wildman–Crippen MR) is 65.0 cm³/mol. The van der Waals surface area contributed by atoms with E-state index in [0.29, 0.717) is 11.3 Å². The van der Waals surface area contributed by atoms with Crippen molar-refractivity contribution in [3.8, 4) is 11.1 Å². The number of hydrogen-bond donors (Lipinski definition) is 1. The lowest BCUT2D eigenvalue weighted by molar-refractivity contribution is 0.405. The maximum absolute atomic E-state index is 13.8. The number of aromatic nitrogens is 1. The van der Waals surface area contributed by atoms with E-state index in [-0.39, 0.29) is 16.9 Å². The van der Waals surface area contributed by atoms with E-state index in [1.807, 2.05) is 20.8 Å². The molecule has 0 atom stereocenters. The van der Waals surface area contributed by atoms with Crippen LogP contribution >= 0.6 is 0 Å². The molecule has 96 valence electrons. The molecule has 0 spiro atoms. The highest BCUT2D eigenvalue weighted by Crippen LogP contribution is 2.37. The van der Waals surface area contributed by atoms with Crippen LogP contribution in [0.3, 0.4) is 0 Å². The van der Waals surface area contributed by atoms with Gasteiger partial charge in [-0.25, -0.2) is 8.78 Å². The lowest BCUT2D eigenvalue weighted by Gasteiger charge is -2.16. The molecule has 0 aliphatic rings. The standard InChI is InChI=1S/C13H14F2N2O/c1-13(2,3)11-10(12(16)18-17-11)8-5-4-7(14)6-9(8)15/h4-6H,16H2,1-3H3. The van der Waals surface area contributed by atoms with Gasteiger partial charge in [0.1, 0.15) is 11.6 Å². The second-order valence-electron chi connectivity index (χ2n) is 5.14. The molecule has 0 aliphatic carbocycles. The van der Waals surface area contributed by atoms with E-state index in [1.54, 1.807) is 0 Å². The molecule has 1 heterocycles. The Kier molecular flexibility index (Phi) is 2.84. The Morgan fingerprint density at radius 1 is 1.22 bits per heavy atom. The van der Waals surface area contributed by atoms with Crippen LogP contribution in [0.1, 0.15) is 26.5 Å². The molecule has 0 amide bonds. The third kappa shape index (κ3) is 2.08. The molecule has 1 aromatic heterocycles. The smallest absolute Gasteiger partial charge is 0.230 e. The lowest BCUT2D eigenvalue weighted by atomic mass is 9.87. The zero-order chi connectivity index (χ0) is 13.5. The summed E-state index contributed by atoms with van der Waals surface area (Å²) in [5.41, 5.74) is 6.47. The Hall–Kier alpha value is -1.91. The van der Waals surface area contributed by atoms with Crippen molar-refractivity contribution in [2.24, 2.45) is 0 Å². The molecule has 5 heteroatoms. The zero-order valence-corrected chi connectivity index (χ0v) is 10.4. The molecule has 2 aromatic rings. The summed E-state index contributed by atoms with van der Waals surface area (Å²) in [6, 6.07) is 3.33. The monoisotopic (exact) mass is 252 g/mol. The van der Waals surface area contributed by atoms with Gasteiger partial charge in [0.2, 0.25) is 5.88 Å². The third-order valence-electron chi connectivity index (χ3n) is 2.63. The molecule has 0 bridgehead atoms. The van der Waals surface area contributed by atoms with Gasteiger partial charge in [-0.1, -0.05) is 25.9 Å². The summed E-state index contributed by atoms with van der Waals surface area (Å²) in [4.78, 5) is 0. The molecule has 1 aromatic carbocycles. The number of halogens is 2. The van der Waals surface area contributed by atoms with Gasteiger partial charge in [-0.3, -0.25) is 0 Å². The minimum atomic E-state index is -0.685. The van der Waals surface area contributed by atoms with Crippen molar-refractivity contribution in [3.63, 3.8) is 0 Å². The summed E-state index contributed by atoms with van der Waals surface area (Å²) in [5, 5.41) is 3.87. The number of nitrogen functional groups attached to an aromatic ring is 1. The number of benzene rings is 1. The van der Waals surface area contributed by atoms with Crippen LogP contribution in [0.5, 0.6) is 0 Å². The minimum absolute atomic E-state index is 0.0328. The second-order valence-corrected chi connectivity index (χ2v) is 5.14. The molecule has 2 N–H and O–H groups in total. The highest BCUT2D eigenvalue weighted by Gasteiger charge is 2.27. The van der Waals surface area contributed by atoms with Crippen molar-refractivity contribution in [3.05, 3.63) is 35.5 Å². The molecule has 3 nitrogen and oxygen atoms in total. The van der Waals surface area contributed by atoms with Crippen molar-refractivity contribution < 1.29 is 13.3 Å². The van der Waals surface area contributed by atoms with Crippen LogP contribution in [-0.2, 0) is 5.41 Å². The number of rotatable bonds is 1. The Morgan fingerprint density at radius 3 is 2.44 bits per heavy atom. The van der Waals surface area contributed by atoms with Crippen LogP contribution in [-0.4, -0.2) is 5.16 Å². The van der Waals surface area contributed by atoms with E-state index in [1.165, 1.54) is 12.1 Å². The van der Waals surface area contributed by atoms with Gasteiger partial charge >= 0.3 is 0 Å². The van der Waals surface area contributed by atoms with Crippen molar-refractivity contribution in [2.75, 3.05) is 5.73 Å². The second kappa shape index (κ2) is 4.08. The van der Waals surface area contributed by atoms with Gasteiger partial charge in [0, 0.05) is 17.0 Å². The van der Waals surface area contributed by atoms with Crippen LogP contribution < -0.4 is 5.73 Å². The zero-order valence-electron chi connectivity index (χ0n) is 10.4. The molecular weight excluding hydrogens is 238 g/mol. The van der Waals surface area contributed by atoms with E-state index in [9.17, 15) is 8.78 Å². The normalized spacial score (nSPS) is 11.8. The van der Waals surface area contributed by atoms with Crippen molar-refractivity contribution in [2.45, 2.75) is 26.2 Å². The van der Waals surface area contributed by atoms with E-state index >= 15 is 0 Å². The summed E-state index contributed by atoms with van der Waals surface area (Å²) in [5.74, 6) is -1.29. The van der Waals surface area contributed by atoms with Crippen LogP contribution in [0.15, 0.2) is 22.7 Å². The predicted octanol–water partition coefficient (Wildman–Crippen LogP) is 3.50. The molecule has 2 rings (SSSR count). The molecule has 0 radical (unpaired) electrons. The number of nitrogens with two attached hydrogens (primary N) is 1. The molecule has 0 saturated heterocycles. The van der Waals surface area contributed by atoms with Gasteiger partial charge in [-0.15, -0.1) is 0 Å². The fraction of sp³-hybridized carbons (Fsp3) is 0.308. The largest absolute Gasteiger partial charge is 0.367 e. The SMILES string of the molecule is CC(C)(C)c1noc(N)c1-c1ccc(F)cc1F. The fourth-order valence-electron chi connectivity index (χ4n) is 1.77. The first-order valence-corrected chi connectivity index (χ1v) is 5.51. The van der Waals surface area contributed by atoms with Crippen molar-refractivity contribution >= 4 is 5.88 Å². The van der Waals surface area contributed by atoms with Crippen molar-refractivity contribution in [1.82, 2.24) is 5.16 Å². The Labute approximate surface area is 104 Å². The third-order valence-corrected chi connectivity index (χ3v) is 2.63. The molecule has 0 aliphatic heterocycles. The van der Waals surface area contributed by atoms with E-state index in [0.717, 1.165) is 6.07 Å². The van der Waals surface area contributed by atoms with Gasteiger partial charge in [-0.2, -0.15) is 0 Å². The maximum Gasteiger partial charge on any atom is 0.230 e. The number of anilines is 1. The molecule has 0 saturated carbocycles. The molecular formula is C13H14F2N2O. The van der Waals surface area contributed by atoms with E-state index < -0.39 is 11.6 Å². The molecule has 0 fully saturated rings. The summed E-state index contributed by atoms with van der Waals surface area (Å²) < 4.78 is 31.6. The minimum Gasteiger partial charge on any atom is -0.367 e. The first kappa shape index (κ1) is 12.5. The fourth-order valence-corrected chi connectivity index (χ4v) is 1.77. The first-order valence-electron chi connectivity index (χ1n) is 5.51. The van der Waals surface area contributed by atoms with Crippen LogP contribution in [0.4, 0.5) is 14.7 Å². The summed E-state index contributed by atoms with van der Waals surface area (Å²) in [6.45, 7) is 5.74. The van der Waals surface area contributed by atoms with Crippen LogP contribution in [0, 0.1) is 11.6 Å². The van der Waals surface area contributed by atoms with Gasteiger partial charge in [0.25, 0.3) is 0 Å². The van der Waals surface area contributed by atoms with Crippen molar-refractivity contribution in [1.29, 1.82) is 0 Å². The number of nitrogens with zero attached hydrogens (tertiary/aromatic N) is 1. The summed E-state index contributed by atoms with van der Waals surface area (Å²) >= 11 is 0. The Bertz CT molecular complexity index is 585. The highest BCUT2D eigenvalue weighted by atomic mass is 19.1. The first-order chi connectivity index (χ1) is 8.30. The average Bonchev–Trinajstić information content (AvgIpc) is 2.60. The summed E-state index contributed by atoms with van der Waals surface area (Å²) in [6.07, 6.45) is 0. The Morgan fingerprint density at radius 2 is 1.89 bits per heavy atom. The van der Waals surface area contributed by atoms with Gasteiger partial charge in [-0.05, 0) is 12.1 Å². The quantitative estimate of drug-likeness (QED) is 0.845. The van der Waals surface area contributed by atoms with E-state index in [4.69, 9.17) is 10.3 Å². The van der Waals surface area contributed by atoms with E-state index in [2.05, 4.69) is 5.16 Å². The molecule has 0 unspecified atom stereocenters. The van der Waals surface area contributed by atoms with Crippen LogP contribution in [0.2, 0.25) is 0 Å². The highest BCUT2D eigenvalue weighted by molar-refractivity contribution is 5.76. The van der Waals surface area contributed by atoms with Gasteiger partial charge in [0.05, 0.1) is 11.3 Å². The van der Waals surface area contributed by atoms with Gasteiger partial charge < -0.3 is 10.3 Å². The van der Waals surface area contributed by atoms with Crippen LogP contribution in [0.25, 0.3) is 11.1 Å². The maximum atomic E-state index is 13.8. The molecule has 18 heavy (non-hydrogen) atoms. The van der Waals surface area contributed by atoms with Gasteiger partial charge in [0.15, 0.2) is 0 Å².